The van der Waals surface area contributed by atoms with Gasteiger partial charge >= 0.3 is 0 Å². The molecule has 222 valence electrons. The molecule has 3 heterocycles. The molecule has 2 fully saturated rings. The largest absolute Gasteiger partial charge is 0.293 e. The van der Waals surface area contributed by atoms with Gasteiger partial charge in [0.05, 0.1) is 15.5 Å². The van der Waals surface area contributed by atoms with Crippen molar-refractivity contribution in [1.82, 2.24) is 19.0 Å². The summed E-state index contributed by atoms with van der Waals surface area (Å²) in [5, 5.41) is 4.88. The number of nitrogens with zero attached hydrogens (tertiary/aromatic N) is 4. The highest BCUT2D eigenvalue weighted by Gasteiger charge is 2.32. The van der Waals surface area contributed by atoms with Gasteiger partial charge in [0.2, 0.25) is 10.0 Å². The van der Waals surface area contributed by atoms with E-state index in [4.69, 9.17) is 17.3 Å². The number of hydrogen-bond acceptors (Lipinski definition) is 6. The van der Waals surface area contributed by atoms with Gasteiger partial charge in [-0.15, -0.1) is 0 Å². The monoisotopic (exact) mass is 622 g/mol. The first-order valence-electron chi connectivity index (χ1n) is 14.8. The number of carbonyl (C=O) groups excluding carboxylic acids is 1. The Kier molecular flexibility index (Phi) is 9.98. The molecule has 2 aliphatic rings. The van der Waals surface area contributed by atoms with Crippen LogP contribution in [0.5, 0.6) is 0 Å². The summed E-state index contributed by atoms with van der Waals surface area (Å²) in [6.07, 6.45) is 11.0. The zero-order valence-electron chi connectivity index (χ0n) is 24.2. The lowest BCUT2D eigenvalue weighted by atomic mass is 10.0. The van der Waals surface area contributed by atoms with Gasteiger partial charge in [-0.05, 0) is 55.5 Å². The third-order valence-corrected chi connectivity index (χ3v) is 11.2. The summed E-state index contributed by atoms with van der Waals surface area (Å²) in [6.45, 7) is 6.03. The van der Waals surface area contributed by atoms with E-state index in [0.717, 1.165) is 43.4 Å². The van der Waals surface area contributed by atoms with Crippen molar-refractivity contribution < 1.29 is 13.2 Å². The quantitative estimate of drug-likeness (QED) is 0.129. The second-order valence-corrected chi connectivity index (χ2v) is 14.7. The predicted octanol–water partition coefficient (Wildman–Crippen LogP) is 7.13. The first-order valence-corrected chi connectivity index (χ1v) is 17.5. The number of benzene rings is 2. The molecule has 5 rings (SSSR count). The van der Waals surface area contributed by atoms with Crippen LogP contribution in [0.15, 0.2) is 70.6 Å². The van der Waals surface area contributed by atoms with Crippen molar-refractivity contribution in [2.24, 2.45) is 5.92 Å². The van der Waals surface area contributed by atoms with Crippen LogP contribution in [0.1, 0.15) is 64.4 Å². The molecule has 0 spiro atoms. The summed E-state index contributed by atoms with van der Waals surface area (Å²) in [7, 11) is -3.63. The van der Waals surface area contributed by atoms with Crippen molar-refractivity contribution in [3.8, 4) is 16.9 Å². The summed E-state index contributed by atoms with van der Waals surface area (Å²) in [5.41, 5.74) is 2.87. The number of hydrogen-bond donors (Lipinski definition) is 0. The van der Waals surface area contributed by atoms with Crippen molar-refractivity contribution in [1.29, 1.82) is 0 Å². The molecule has 0 saturated carbocycles. The Bertz CT molecular complexity index is 1560. The van der Waals surface area contributed by atoms with Gasteiger partial charge in [-0.25, -0.2) is 13.1 Å². The van der Waals surface area contributed by atoms with E-state index in [1.807, 2.05) is 48.7 Å². The minimum absolute atomic E-state index is 0.0884. The van der Waals surface area contributed by atoms with Gasteiger partial charge in [-0.3, -0.25) is 9.69 Å². The van der Waals surface area contributed by atoms with Crippen molar-refractivity contribution in [3.63, 3.8) is 0 Å². The van der Waals surface area contributed by atoms with Gasteiger partial charge in [-0.1, -0.05) is 93.8 Å². The lowest BCUT2D eigenvalue weighted by Crippen LogP contribution is -2.37. The number of thioether (sulfide) groups is 1. The van der Waals surface area contributed by atoms with Crippen molar-refractivity contribution in [2.45, 2.75) is 63.7 Å². The molecule has 0 bridgehead atoms. The highest BCUT2D eigenvalue weighted by molar-refractivity contribution is 8.26. The lowest BCUT2D eigenvalue weighted by Gasteiger charge is -2.29. The molecule has 1 amide bonds. The van der Waals surface area contributed by atoms with Gasteiger partial charge < -0.3 is 0 Å². The van der Waals surface area contributed by atoms with Crippen LogP contribution in [0, 0.1) is 5.92 Å². The highest BCUT2D eigenvalue weighted by Crippen LogP contribution is 2.36. The summed E-state index contributed by atoms with van der Waals surface area (Å²) >= 11 is 6.89. The Balaban J connectivity index is 1.47. The fourth-order valence-electron chi connectivity index (χ4n) is 5.32. The van der Waals surface area contributed by atoms with Crippen LogP contribution in [0.2, 0.25) is 0 Å². The Morgan fingerprint density at radius 2 is 1.76 bits per heavy atom. The molecule has 0 unspecified atom stereocenters. The number of sulfonamides is 1. The Morgan fingerprint density at radius 3 is 2.50 bits per heavy atom. The van der Waals surface area contributed by atoms with E-state index in [9.17, 15) is 13.2 Å². The third kappa shape index (κ3) is 6.88. The predicted molar refractivity (Wildman–Crippen MR) is 175 cm³/mol. The fourth-order valence-corrected chi connectivity index (χ4v) is 8.13. The van der Waals surface area contributed by atoms with Crippen LogP contribution in [0.4, 0.5) is 0 Å². The maximum absolute atomic E-state index is 13.5. The van der Waals surface area contributed by atoms with Crippen LogP contribution < -0.4 is 0 Å². The first-order chi connectivity index (χ1) is 20.3. The number of piperidine rings is 1. The number of aromatic nitrogens is 2. The maximum Gasteiger partial charge on any atom is 0.266 e. The number of thiocarbonyl (C=S) groups is 1. The molecule has 0 atom stereocenters. The van der Waals surface area contributed by atoms with E-state index in [-0.39, 0.29) is 10.8 Å². The van der Waals surface area contributed by atoms with Gasteiger partial charge in [-0.2, -0.15) is 9.40 Å². The number of amides is 1. The summed E-state index contributed by atoms with van der Waals surface area (Å²) in [4.78, 5) is 15.9. The number of unbranched alkanes of at least 4 members (excludes halogenated alkanes) is 4. The number of para-hydroxylation sites is 1. The molecule has 0 N–H and O–H groups in total. The molecule has 0 radical (unpaired) electrons. The van der Waals surface area contributed by atoms with E-state index in [1.54, 1.807) is 32.1 Å². The highest BCUT2D eigenvalue weighted by atomic mass is 32.2. The molecule has 10 heteroatoms. The normalized spacial score (nSPS) is 18.0. The van der Waals surface area contributed by atoms with E-state index in [2.05, 4.69) is 13.8 Å². The molecular formula is C32H38N4O3S3. The molecule has 1 aromatic heterocycles. The Labute approximate surface area is 259 Å². The second kappa shape index (κ2) is 13.7. The molecule has 2 aromatic carbocycles. The van der Waals surface area contributed by atoms with E-state index >= 15 is 0 Å². The summed E-state index contributed by atoms with van der Waals surface area (Å²) < 4.78 is 31.0. The standard InChI is InChI=1S/C32H38N4O3S3/c1-3-4-5-6-10-18-35-31(37)29(41-32(35)40)22-26-23-36(27-13-8-7-9-14-27)33-30(26)25-12-11-15-28(21-25)42(38,39)34-19-16-24(2)17-20-34/h7-9,11-15,21-24H,3-6,10,16-20H2,1-2H3. The SMILES string of the molecule is CCCCCCCN1C(=O)C(=Cc2cn(-c3ccccc3)nc2-c2cccc(S(=O)(=O)N3CCC(C)CC3)c2)SC1=S. The van der Waals surface area contributed by atoms with Gasteiger partial charge in [0.15, 0.2) is 0 Å². The van der Waals surface area contributed by atoms with E-state index < -0.39 is 10.0 Å². The molecule has 42 heavy (non-hydrogen) atoms. The molecule has 7 nitrogen and oxygen atoms in total. The van der Waals surface area contributed by atoms with Crippen LogP contribution in [-0.4, -0.2) is 57.3 Å². The molecule has 2 saturated heterocycles. The zero-order chi connectivity index (χ0) is 29.7. The number of rotatable bonds is 11. The van der Waals surface area contributed by atoms with Gasteiger partial charge in [0.25, 0.3) is 5.91 Å². The maximum atomic E-state index is 13.5. The average Bonchev–Trinajstić information content (AvgIpc) is 3.54. The minimum atomic E-state index is -3.63. The first kappa shape index (κ1) is 30.7. The Morgan fingerprint density at radius 1 is 1.02 bits per heavy atom. The van der Waals surface area contributed by atoms with Crippen LogP contribution in [0.3, 0.4) is 0 Å². The second-order valence-electron chi connectivity index (χ2n) is 11.1. The van der Waals surface area contributed by atoms with Crippen LogP contribution in [0.25, 0.3) is 23.0 Å². The molecule has 2 aliphatic heterocycles. The molecule has 3 aromatic rings. The van der Waals surface area contributed by atoms with Crippen molar-refractivity contribution in [2.75, 3.05) is 19.6 Å². The zero-order valence-corrected chi connectivity index (χ0v) is 26.7. The van der Waals surface area contributed by atoms with Gasteiger partial charge in [0.1, 0.15) is 10.0 Å². The average molecular weight is 623 g/mol. The fraction of sp³-hybridized carbons (Fsp3) is 0.406. The molecular weight excluding hydrogens is 585 g/mol. The van der Waals surface area contributed by atoms with E-state index in [0.29, 0.717) is 46.0 Å². The summed E-state index contributed by atoms with van der Waals surface area (Å²) in [6, 6.07) is 16.7. The number of carbonyl (C=O) groups is 1. The third-order valence-electron chi connectivity index (χ3n) is 7.90. The lowest BCUT2D eigenvalue weighted by molar-refractivity contribution is -0.122. The molecule has 0 aliphatic carbocycles. The van der Waals surface area contributed by atoms with Crippen LogP contribution >= 0.6 is 24.0 Å². The van der Waals surface area contributed by atoms with Crippen molar-refractivity contribution >= 4 is 50.3 Å². The smallest absolute Gasteiger partial charge is 0.266 e. The van der Waals surface area contributed by atoms with E-state index in [1.165, 1.54) is 24.6 Å². The minimum Gasteiger partial charge on any atom is -0.293 e. The van der Waals surface area contributed by atoms with Crippen LogP contribution in [-0.2, 0) is 14.8 Å². The van der Waals surface area contributed by atoms with Crippen molar-refractivity contribution in [3.05, 3.63) is 71.3 Å². The van der Waals surface area contributed by atoms with Gasteiger partial charge in [0, 0.05) is 37.0 Å². The summed E-state index contributed by atoms with van der Waals surface area (Å²) in [5.74, 6) is 0.441. The Hall–Kier alpha value is -2.79. The topological polar surface area (TPSA) is 75.5 Å².